The van der Waals surface area contributed by atoms with Crippen LogP contribution in [-0.2, 0) is 25.0 Å². The molecule has 0 bridgehead atoms. The van der Waals surface area contributed by atoms with Gasteiger partial charge in [-0.25, -0.2) is 19.3 Å². The van der Waals surface area contributed by atoms with Crippen LogP contribution >= 0.6 is 0 Å². The second-order valence-electron chi connectivity index (χ2n) is 11.3. The predicted molar refractivity (Wildman–Crippen MR) is 176 cm³/mol. The lowest BCUT2D eigenvalue weighted by Gasteiger charge is -2.28. The van der Waals surface area contributed by atoms with E-state index in [0.29, 0.717) is 50.6 Å². The number of amides is 1. The van der Waals surface area contributed by atoms with Crippen molar-refractivity contribution in [2.75, 3.05) is 31.3 Å². The van der Waals surface area contributed by atoms with E-state index in [4.69, 9.17) is 4.74 Å². The van der Waals surface area contributed by atoms with Crippen molar-refractivity contribution < 1.29 is 23.3 Å². The summed E-state index contributed by atoms with van der Waals surface area (Å²) in [6, 6.07) is 11.5. The lowest BCUT2D eigenvalue weighted by molar-refractivity contribution is -0.898. The van der Waals surface area contributed by atoms with Gasteiger partial charge in [0.2, 0.25) is 5.91 Å². The van der Waals surface area contributed by atoms with Crippen LogP contribution in [0.1, 0.15) is 24.1 Å². The Morgan fingerprint density at radius 1 is 1.17 bits per heavy atom. The highest BCUT2D eigenvalue weighted by atomic mass is 19.1. The molecule has 4 heterocycles. The van der Waals surface area contributed by atoms with Gasteiger partial charge < -0.3 is 30.0 Å². The number of hydrogen-bond donors (Lipinski definition) is 2. The normalized spacial score (nSPS) is 11.3. The SMILES string of the molecule is CC#Cc1nc([N+](=O)[O-])c(C[N+](C)(C)C/C=C/C(=O)Nc2cc3c(Nc4ccc(OCc5ccccn5)c(F)c4)ncnc3cn2)n1C. The summed E-state index contributed by atoms with van der Waals surface area (Å²) in [4.78, 5) is 44.9. The number of imidazole rings is 1. The van der Waals surface area contributed by atoms with Gasteiger partial charge >= 0.3 is 5.82 Å². The lowest BCUT2D eigenvalue weighted by Crippen LogP contribution is -2.39. The van der Waals surface area contributed by atoms with Crippen molar-refractivity contribution in [3.05, 3.63) is 106 Å². The van der Waals surface area contributed by atoms with E-state index in [-0.39, 0.29) is 30.5 Å². The Labute approximate surface area is 275 Å². The molecule has 5 aromatic rings. The number of ether oxygens (including phenoxy) is 1. The largest absolute Gasteiger partial charge is 0.484 e. The van der Waals surface area contributed by atoms with Gasteiger partial charge in [0.1, 0.15) is 31.1 Å². The molecule has 15 heteroatoms. The summed E-state index contributed by atoms with van der Waals surface area (Å²) in [5, 5.41) is 18.0. The first-order valence-electron chi connectivity index (χ1n) is 14.7. The molecule has 0 atom stereocenters. The third-order valence-electron chi connectivity index (χ3n) is 7.12. The van der Waals surface area contributed by atoms with Crippen molar-refractivity contribution in [3.63, 3.8) is 0 Å². The Kier molecular flexibility index (Phi) is 9.96. The van der Waals surface area contributed by atoms with Crippen LogP contribution in [0.2, 0.25) is 0 Å². The van der Waals surface area contributed by atoms with Crippen LogP contribution in [0.3, 0.4) is 0 Å². The van der Waals surface area contributed by atoms with Crippen LogP contribution < -0.4 is 15.4 Å². The monoisotopic (exact) mass is 651 g/mol. The van der Waals surface area contributed by atoms with Crippen LogP contribution in [0.4, 0.5) is 27.5 Å². The van der Waals surface area contributed by atoms with Gasteiger partial charge in [-0.15, -0.1) is 0 Å². The number of nitro groups is 1. The predicted octanol–water partition coefficient (Wildman–Crippen LogP) is 4.67. The molecule has 2 N–H and O–H groups in total. The number of benzene rings is 1. The molecule has 5 rings (SSSR count). The number of hydrogen-bond acceptors (Lipinski definition) is 10. The van der Waals surface area contributed by atoms with Gasteiger partial charge in [0.05, 0.1) is 38.0 Å². The summed E-state index contributed by atoms with van der Waals surface area (Å²) < 4.78 is 22.3. The Morgan fingerprint density at radius 3 is 2.73 bits per heavy atom. The van der Waals surface area contributed by atoms with Crippen LogP contribution in [0.15, 0.2) is 73.3 Å². The average Bonchev–Trinajstić information content (AvgIpc) is 3.35. The van der Waals surface area contributed by atoms with Crippen molar-refractivity contribution >= 4 is 40.0 Å². The van der Waals surface area contributed by atoms with Gasteiger partial charge in [-0.05, 0) is 59.2 Å². The minimum Gasteiger partial charge on any atom is -0.484 e. The van der Waals surface area contributed by atoms with E-state index >= 15 is 0 Å². The highest BCUT2D eigenvalue weighted by Crippen LogP contribution is 2.28. The van der Waals surface area contributed by atoms with Crippen molar-refractivity contribution in [2.24, 2.45) is 7.05 Å². The standard InChI is InChI=1S/C33H31FN10O4/c1-5-9-30-41-33(43(46)47)27(42(30)2)19-44(3,4)15-8-11-31(45)40-29-17-24-26(18-36-29)37-21-38-32(24)39-22-12-13-28(25(34)16-22)48-20-23-10-6-7-14-35-23/h6-8,10-14,16-18,21H,15,19-20H2,1-4H3,(H-,36,37,38,39,40,45)/p+1/b11-8+. The highest BCUT2D eigenvalue weighted by Gasteiger charge is 2.30. The number of quaternary nitrogens is 1. The maximum absolute atomic E-state index is 14.8. The molecule has 0 radical (unpaired) electrons. The Hall–Kier alpha value is -6.27. The average molecular weight is 652 g/mol. The fourth-order valence-electron chi connectivity index (χ4n) is 4.74. The Morgan fingerprint density at radius 2 is 2.00 bits per heavy atom. The number of carbonyl (C=O) groups excluding carboxylic acids is 1. The number of pyridine rings is 2. The van der Waals surface area contributed by atoms with E-state index in [1.54, 1.807) is 55.1 Å². The topological polar surface area (TPSA) is 163 Å². The molecule has 4 aromatic heterocycles. The quantitative estimate of drug-likeness (QED) is 0.0638. The van der Waals surface area contributed by atoms with Gasteiger partial charge in [-0.3, -0.25) is 14.3 Å². The molecule has 0 aliphatic heterocycles. The Balaban J connectivity index is 1.23. The van der Waals surface area contributed by atoms with E-state index in [9.17, 15) is 19.3 Å². The van der Waals surface area contributed by atoms with E-state index in [2.05, 4.69) is 47.4 Å². The number of rotatable bonds is 12. The van der Waals surface area contributed by atoms with Crippen molar-refractivity contribution in [1.82, 2.24) is 29.5 Å². The molecule has 14 nitrogen and oxygen atoms in total. The molecule has 0 fully saturated rings. The zero-order chi connectivity index (χ0) is 34.3. The summed E-state index contributed by atoms with van der Waals surface area (Å²) in [7, 11) is 5.46. The number of nitrogens with one attached hydrogen (secondary N) is 2. The van der Waals surface area contributed by atoms with E-state index in [1.807, 2.05) is 20.2 Å². The second kappa shape index (κ2) is 14.4. The summed E-state index contributed by atoms with van der Waals surface area (Å²) in [5.41, 5.74) is 2.04. The zero-order valence-electron chi connectivity index (χ0n) is 26.6. The minimum absolute atomic E-state index is 0.0810. The number of likely N-dealkylation sites (N-methyl/N-ethyl adjacent to an activating group) is 1. The van der Waals surface area contributed by atoms with Crippen molar-refractivity contribution in [1.29, 1.82) is 0 Å². The zero-order valence-corrected chi connectivity index (χ0v) is 26.6. The smallest absolute Gasteiger partial charge is 0.392 e. The number of nitrogens with zero attached hydrogens (tertiary/aromatic N) is 8. The molecule has 244 valence electrons. The number of anilines is 3. The molecular formula is C33H32FN10O4+. The van der Waals surface area contributed by atoms with Crippen LogP contribution in [0.25, 0.3) is 10.9 Å². The molecule has 48 heavy (non-hydrogen) atoms. The first-order chi connectivity index (χ1) is 23.0. The first kappa shape index (κ1) is 33.1. The molecule has 0 aliphatic carbocycles. The number of halogens is 1. The molecule has 0 spiro atoms. The fraction of sp³-hybridized carbons (Fsp3) is 0.212. The van der Waals surface area contributed by atoms with Crippen molar-refractivity contribution in [3.8, 4) is 17.6 Å². The number of fused-ring (bicyclic) bond motifs is 1. The lowest BCUT2D eigenvalue weighted by atomic mass is 10.2. The molecule has 0 unspecified atom stereocenters. The highest BCUT2D eigenvalue weighted by molar-refractivity contribution is 6.00. The first-order valence-corrected chi connectivity index (χ1v) is 14.7. The fourth-order valence-corrected chi connectivity index (χ4v) is 4.74. The molecule has 0 saturated heterocycles. The van der Waals surface area contributed by atoms with Crippen molar-refractivity contribution in [2.45, 2.75) is 20.1 Å². The van der Waals surface area contributed by atoms with Gasteiger partial charge in [-0.1, -0.05) is 12.0 Å². The summed E-state index contributed by atoms with van der Waals surface area (Å²) in [5.74, 6) is 5.30. The summed E-state index contributed by atoms with van der Waals surface area (Å²) in [6.45, 7) is 2.43. The summed E-state index contributed by atoms with van der Waals surface area (Å²) in [6.07, 6.45) is 7.54. The molecule has 0 saturated carbocycles. The van der Waals surface area contributed by atoms with Gasteiger partial charge in [0.15, 0.2) is 17.3 Å². The van der Waals surface area contributed by atoms with Gasteiger partial charge in [-0.2, -0.15) is 0 Å². The van der Waals surface area contributed by atoms with E-state index < -0.39 is 16.6 Å². The third kappa shape index (κ3) is 8.11. The number of aromatic nitrogens is 6. The summed E-state index contributed by atoms with van der Waals surface area (Å²) >= 11 is 0. The Bertz CT molecular complexity index is 2070. The van der Waals surface area contributed by atoms with Crippen LogP contribution in [0, 0.1) is 27.8 Å². The number of carbonyl (C=O) groups is 1. The van der Waals surface area contributed by atoms with Gasteiger partial charge in [0, 0.05) is 36.5 Å². The van der Waals surface area contributed by atoms with Gasteiger partial charge in [0.25, 0.3) is 5.82 Å². The maximum Gasteiger partial charge on any atom is 0.392 e. The van der Waals surface area contributed by atoms with E-state index in [0.717, 1.165) is 0 Å². The molecular weight excluding hydrogens is 619 g/mol. The van der Waals surface area contributed by atoms with Crippen LogP contribution in [-0.4, -0.2) is 65.4 Å². The molecule has 1 amide bonds. The third-order valence-corrected chi connectivity index (χ3v) is 7.12. The second-order valence-corrected chi connectivity index (χ2v) is 11.3. The van der Waals surface area contributed by atoms with E-state index in [1.165, 1.54) is 30.7 Å². The molecule has 1 aromatic carbocycles. The minimum atomic E-state index is -0.563. The molecule has 0 aliphatic rings. The van der Waals surface area contributed by atoms with Crippen LogP contribution in [0.5, 0.6) is 5.75 Å². The maximum atomic E-state index is 14.8.